The molecule has 0 bridgehead atoms. The Morgan fingerprint density at radius 2 is 2.23 bits per heavy atom. The van der Waals surface area contributed by atoms with Crippen molar-refractivity contribution >= 4 is 0 Å². The van der Waals surface area contributed by atoms with Crippen molar-refractivity contribution in [2.24, 2.45) is 0 Å². The molecule has 0 radical (unpaired) electrons. The highest BCUT2D eigenvalue weighted by Gasteiger charge is 2.21. The third-order valence-corrected chi connectivity index (χ3v) is 3.16. The van der Waals surface area contributed by atoms with Gasteiger partial charge in [-0.1, -0.05) is 0 Å². The highest BCUT2D eigenvalue weighted by molar-refractivity contribution is 4.84. The van der Waals surface area contributed by atoms with E-state index in [2.05, 4.69) is 22.6 Å². The summed E-state index contributed by atoms with van der Waals surface area (Å²) in [6, 6.07) is 1.47. The Hall–Kier alpha value is -0.120. The number of rotatable bonds is 2. The molecule has 2 aliphatic rings. The molecule has 2 heterocycles. The zero-order valence-corrected chi connectivity index (χ0v) is 8.55. The Morgan fingerprint density at radius 3 is 2.92 bits per heavy atom. The van der Waals surface area contributed by atoms with Crippen molar-refractivity contribution < 1.29 is 0 Å². The minimum absolute atomic E-state index is 0.733. The van der Waals surface area contributed by atoms with Crippen LogP contribution in [0.15, 0.2) is 0 Å². The summed E-state index contributed by atoms with van der Waals surface area (Å²) >= 11 is 0. The van der Waals surface area contributed by atoms with E-state index >= 15 is 0 Å². The number of nitrogens with zero attached hydrogens (tertiary/aromatic N) is 1. The number of hydrogen-bond acceptors (Lipinski definition) is 3. The fourth-order valence-corrected chi connectivity index (χ4v) is 2.43. The first-order valence-corrected chi connectivity index (χ1v) is 5.50. The molecule has 3 heteroatoms. The minimum atomic E-state index is 0.733. The lowest BCUT2D eigenvalue weighted by atomic mass is 10.1. The number of hydrogen-bond donors (Lipinski definition) is 2. The lowest BCUT2D eigenvalue weighted by Crippen LogP contribution is -2.48. The van der Waals surface area contributed by atoms with Crippen LogP contribution in [0.4, 0.5) is 0 Å². The first kappa shape index (κ1) is 9.44. The predicted octanol–water partition coefficient (Wildman–Crippen LogP) is 0.0321. The fraction of sp³-hybridized carbons (Fsp3) is 1.00. The van der Waals surface area contributed by atoms with E-state index in [0.717, 1.165) is 12.1 Å². The van der Waals surface area contributed by atoms with Crippen molar-refractivity contribution in [3.05, 3.63) is 0 Å². The van der Waals surface area contributed by atoms with Gasteiger partial charge in [0.05, 0.1) is 0 Å². The van der Waals surface area contributed by atoms with Crippen LogP contribution in [-0.2, 0) is 0 Å². The van der Waals surface area contributed by atoms with Gasteiger partial charge >= 0.3 is 0 Å². The fourth-order valence-electron chi connectivity index (χ4n) is 2.43. The van der Waals surface area contributed by atoms with E-state index in [-0.39, 0.29) is 0 Å². The Labute approximate surface area is 80.9 Å². The average Bonchev–Trinajstić information content (AvgIpc) is 2.57. The van der Waals surface area contributed by atoms with Crippen molar-refractivity contribution in [3.8, 4) is 0 Å². The number of nitrogens with one attached hydrogen (secondary N) is 2. The summed E-state index contributed by atoms with van der Waals surface area (Å²) in [4.78, 5) is 2.43. The molecule has 2 N–H and O–H groups in total. The summed E-state index contributed by atoms with van der Waals surface area (Å²) < 4.78 is 0. The second-order valence-corrected chi connectivity index (χ2v) is 4.46. The monoisotopic (exact) mass is 183 g/mol. The number of likely N-dealkylation sites (tertiary alicyclic amines) is 1. The molecule has 2 rings (SSSR count). The zero-order chi connectivity index (χ0) is 9.10. The van der Waals surface area contributed by atoms with Gasteiger partial charge in [0, 0.05) is 25.2 Å². The Bertz CT molecular complexity index is 154. The van der Waals surface area contributed by atoms with Crippen molar-refractivity contribution in [2.75, 3.05) is 33.2 Å². The molecule has 0 aromatic rings. The van der Waals surface area contributed by atoms with Crippen LogP contribution >= 0.6 is 0 Å². The Morgan fingerprint density at radius 1 is 1.31 bits per heavy atom. The maximum Gasteiger partial charge on any atom is 0.0207 e. The smallest absolute Gasteiger partial charge is 0.0207 e. The third-order valence-electron chi connectivity index (χ3n) is 3.16. The van der Waals surface area contributed by atoms with Crippen LogP contribution in [0, 0.1) is 0 Å². The first-order chi connectivity index (χ1) is 6.34. The molecule has 3 nitrogen and oxygen atoms in total. The van der Waals surface area contributed by atoms with E-state index in [0.29, 0.717) is 0 Å². The van der Waals surface area contributed by atoms with Gasteiger partial charge in [0.2, 0.25) is 0 Å². The second-order valence-electron chi connectivity index (χ2n) is 4.46. The van der Waals surface area contributed by atoms with Crippen molar-refractivity contribution in [1.82, 2.24) is 15.5 Å². The maximum atomic E-state index is 3.74. The van der Waals surface area contributed by atoms with E-state index < -0.39 is 0 Å². The largest absolute Gasteiger partial charge is 0.315 e. The third kappa shape index (κ3) is 2.66. The minimum Gasteiger partial charge on any atom is -0.315 e. The van der Waals surface area contributed by atoms with Crippen LogP contribution < -0.4 is 10.6 Å². The summed E-state index contributed by atoms with van der Waals surface area (Å²) in [7, 11) is 2.22. The van der Waals surface area contributed by atoms with Crippen LogP contribution in [0.1, 0.15) is 19.3 Å². The van der Waals surface area contributed by atoms with Gasteiger partial charge in [-0.3, -0.25) is 0 Å². The van der Waals surface area contributed by atoms with Gasteiger partial charge in [-0.2, -0.15) is 0 Å². The Kier molecular flexibility index (Phi) is 3.19. The van der Waals surface area contributed by atoms with Gasteiger partial charge in [-0.05, 0) is 39.4 Å². The maximum absolute atomic E-state index is 3.74. The average molecular weight is 183 g/mol. The summed E-state index contributed by atoms with van der Waals surface area (Å²) in [5.41, 5.74) is 0. The molecule has 13 heavy (non-hydrogen) atoms. The molecule has 0 spiro atoms. The van der Waals surface area contributed by atoms with Gasteiger partial charge < -0.3 is 15.5 Å². The molecule has 0 aromatic carbocycles. The van der Waals surface area contributed by atoms with E-state index in [4.69, 9.17) is 0 Å². The molecule has 0 aromatic heterocycles. The molecule has 76 valence electrons. The van der Waals surface area contributed by atoms with Crippen LogP contribution in [0.5, 0.6) is 0 Å². The van der Waals surface area contributed by atoms with Gasteiger partial charge in [0.25, 0.3) is 0 Å². The molecule has 0 saturated carbocycles. The normalized spacial score (nSPS) is 36.7. The highest BCUT2D eigenvalue weighted by atomic mass is 15.2. The van der Waals surface area contributed by atoms with Crippen molar-refractivity contribution in [1.29, 1.82) is 0 Å². The molecule has 0 amide bonds. The quantitative estimate of drug-likeness (QED) is 0.632. The summed E-state index contributed by atoms with van der Waals surface area (Å²) in [6.07, 6.45) is 4.02. The van der Waals surface area contributed by atoms with Gasteiger partial charge in [-0.15, -0.1) is 0 Å². The topological polar surface area (TPSA) is 27.3 Å². The van der Waals surface area contributed by atoms with E-state index in [1.54, 1.807) is 0 Å². The first-order valence-electron chi connectivity index (χ1n) is 5.50. The lowest BCUT2D eigenvalue weighted by Gasteiger charge is -2.32. The van der Waals surface area contributed by atoms with Gasteiger partial charge in [0.15, 0.2) is 0 Å². The SMILES string of the molecule is CN1CCCC(NC2CCNC2)C1. The predicted molar refractivity (Wildman–Crippen MR) is 54.9 cm³/mol. The molecule has 0 aliphatic carbocycles. The molecule has 2 unspecified atom stereocenters. The molecule has 2 atom stereocenters. The van der Waals surface area contributed by atoms with Gasteiger partial charge in [0.1, 0.15) is 0 Å². The van der Waals surface area contributed by atoms with Crippen LogP contribution in [-0.4, -0.2) is 50.2 Å². The molecule has 2 fully saturated rings. The molecule has 2 saturated heterocycles. The molecule has 2 aliphatic heterocycles. The van der Waals surface area contributed by atoms with Gasteiger partial charge in [-0.25, -0.2) is 0 Å². The standard InChI is InChI=1S/C10H21N3/c1-13-6-2-3-10(8-13)12-9-4-5-11-7-9/h9-12H,2-8H2,1H3. The summed E-state index contributed by atoms with van der Waals surface area (Å²) in [5.74, 6) is 0. The molecular formula is C10H21N3. The van der Waals surface area contributed by atoms with Crippen molar-refractivity contribution in [3.63, 3.8) is 0 Å². The highest BCUT2D eigenvalue weighted by Crippen LogP contribution is 2.10. The van der Waals surface area contributed by atoms with Crippen LogP contribution in [0.2, 0.25) is 0 Å². The van der Waals surface area contributed by atoms with Crippen LogP contribution in [0.25, 0.3) is 0 Å². The summed E-state index contributed by atoms with van der Waals surface area (Å²) in [5, 5.41) is 7.14. The van der Waals surface area contributed by atoms with Crippen LogP contribution in [0.3, 0.4) is 0 Å². The van der Waals surface area contributed by atoms with E-state index in [1.807, 2.05) is 0 Å². The lowest BCUT2D eigenvalue weighted by molar-refractivity contribution is 0.218. The second kappa shape index (κ2) is 4.40. The Balaban J connectivity index is 1.73. The number of likely N-dealkylation sites (N-methyl/N-ethyl adjacent to an activating group) is 1. The van der Waals surface area contributed by atoms with E-state index in [9.17, 15) is 0 Å². The summed E-state index contributed by atoms with van der Waals surface area (Å²) in [6.45, 7) is 4.87. The van der Waals surface area contributed by atoms with Crippen molar-refractivity contribution in [2.45, 2.75) is 31.3 Å². The zero-order valence-electron chi connectivity index (χ0n) is 8.55. The molecular weight excluding hydrogens is 162 g/mol. The number of piperidine rings is 1. The van der Waals surface area contributed by atoms with E-state index in [1.165, 1.54) is 45.4 Å².